The number of likely N-dealkylation sites (tertiary alicyclic amines) is 1. The zero-order valence-electron chi connectivity index (χ0n) is 21.0. The number of rotatable bonds is 5. The van der Waals surface area contributed by atoms with Gasteiger partial charge in [0.25, 0.3) is 0 Å². The lowest BCUT2D eigenvalue weighted by molar-refractivity contribution is -0.162. The maximum Gasteiger partial charge on any atom is 0.329 e. The van der Waals surface area contributed by atoms with E-state index < -0.39 is 51.3 Å². The van der Waals surface area contributed by atoms with E-state index in [-0.39, 0.29) is 6.61 Å². The number of esters is 1. The first-order chi connectivity index (χ1) is 18.5. The first kappa shape index (κ1) is 26.6. The largest absolute Gasteiger partial charge is 0.459 e. The number of alkyl halides is 2. The van der Waals surface area contributed by atoms with Gasteiger partial charge in [-0.25, -0.2) is 4.79 Å². The Kier molecular flexibility index (Phi) is 6.31. The first-order valence-electron chi connectivity index (χ1n) is 12.6. The third-order valence-electron chi connectivity index (χ3n) is 8.16. The maximum absolute atomic E-state index is 14.2. The van der Waals surface area contributed by atoms with Crippen LogP contribution in [0.25, 0.3) is 0 Å². The van der Waals surface area contributed by atoms with Gasteiger partial charge in [0.15, 0.2) is 0 Å². The average molecular weight is 603 g/mol. The predicted octanol–water partition coefficient (Wildman–Crippen LogP) is 6.65. The number of hydrogen-bond donors (Lipinski definition) is 0. The number of imide groups is 1. The minimum atomic E-state index is -1.32. The molecule has 9 heteroatoms. The molecule has 2 amide bonds. The van der Waals surface area contributed by atoms with Crippen molar-refractivity contribution >= 4 is 64.2 Å². The Hall–Kier alpha value is -2.57. The standard InChI is InChI=1S/C30H23Cl4NO4/c1-15(2)25(28(38)39-14-16-11-12-17(31)13-22(16)32)35-26(36)23-24(27(35)37)30(34)19-8-4-3-7-18(19)29(23,33)20-9-5-6-10-21(20)30/h3-13,15,23-25H,14H2,1-2H3/t23-,24-,25+,29?,30?/m1/s1. The van der Waals surface area contributed by atoms with E-state index in [0.29, 0.717) is 37.9 Å². The van der Waals surface area contributed by atoms with Crippen molar-refractivity contribution in [2.45, 2.75) is 36.2 Å². The monoisotopic (exact) mass is 601 g/mol. The molecule has 200 valence electrons. The molecular formula is C30H23Cl4NO4. The van der Waals surface area contributed by atoms with E-state index in [9.17, 15) is 14.4 Å². The Morgan fingerprint density at radius 2 is 1.31 bits per heavy atom. The lowest BCUT2D eigenvalue weighted by Gasteiger charge is -2.54. The lowest BCUT2D eigenvalue weighted by atomic mass is 9.54. The molecule has 5 nitrogen and oxygen atoms in total. The molecule has 39 heavy (non-hydrogen) atoms. The van der Waals surface area contributed by atoms with Crippen LogP contribution in [0.15, 0.2) is 66.7 Å². The molecule has 0 aromatic heterocycles. The van der Waals surface area contributed by atoms with Gasteiger partial charge in [0.1, 0.15) is 22.4 Å². The summed E-state index contributed by atoms with van der Waals surface area (Å²) in [4.78, 5) is 40.4. The second kappa shape index (κ2) is 9.24. The molecule has 1 aliphatic heterocycles. The molecule has 3 aliphatic carbocycles. The molecule has 0 unspecified atom stereocenters. The van der Waals surface area contributed by atoms with Crippen molar-refractivity contribution in [1.82, 2.24) is 4.90 Å². The summed E-state index contributed by atoms with van der Waals surface area (Å²) in [6.07, 6.45) is 0. The maximum atomic E-state index is 14.2. The van der Waals surface area contributed by atoms with Gasteiger partial charge < -0.3 is 4.74 Å². The van der Waals surface area contributed by atoms with Crippen molar-refractivity contribution in [2.75, 3.05) is 0 Å². The minimum Gasteiger partial charge on any atom is -0.459 e. The highest BCUT2D eigenvalue weighted by molar-refractivity contribution is 6.36. The number of carbonyl (C=O) groups excluding carboxylic acids is 3. The van der Waals surface area contributed by atoms with Crippen LogP contribution in [0.2, 0.25) is 10.0 Å². The van der Waals surface area contributed by atoms with E-state index in [1.807, 2.05) is 48.5 Å². The van der Waals surface area contributed by atoms with Gasteiger partial charge in [0.2, 0.25) is 11.8 Å². The summed E-state index contributed by atoms with van der Waals surface area (Å²) in [5.74, 6) is -4.21. The smallest absolute Gasteiger partial charge is 0.329 e. The van der Waals surface area contributed by atoms with Crippen LogP contribution in [0.4, 0.5) is 0 Å². The number of hydrogen-bond acceptors (Lipinski definition) is 4. The molecule has 1 heterocycles. The third kappa shape index (κ3) is 3.56. The third-order valence-corrected chi connectivity index (χ3v) is 10.0. The normalized spacial score (nSPS) is 27.3. The summed E-state index contributed by atoms with van der Waals surface area (Å²) in [5.41, 5.74) is 3.35. The van der Waals surface area contributed by atoms with Crippen LogP contribution in [-0.2, 0) is 35.5 Å². The molecule has 0 spiro atoms. The Morgan fingerprint density at radius 1 is 0.846 bits per heavy atom. The zero-order valence-corrected chi connectivity index (χ0v) is 24.0. The van der Waals surface area contributed by atoms with Crippen LogP contribution in [0.5, 0.6) is 0 Å². The van der Waals surface area contributed by atoms with Crippen LogP contribution in [0.3, 0.4) is 0 Å². The molecule has 3 atom stereocenters. The molecule has 1 fully saturated rings. The fourth-order valence-electron chi connectivity index (χ4n) is 6.51. The van der Waals surface area contributed by atoms with Gasteiger partial charge >= 0.3 is 5.97 Å². The fraction of sp³-hybridized carbons (Fsp3) is 0.300. The molecule has 3 aromatic carbocycles. The average Bonchev–Trinajstić information content (AvgIpc) is 3.18. The number of nitrogens with zero attached hydrogens (tertiary/aromatic N) is 1. The Balaban J connectivity index is 1.41. The molecular weight excluding hydrogens is 580 g/mol. The quantitative estimate of drug-likeness (QED) is 0.186. The van der Waals surface area contributed by atoms with Crippen LogP contribution in [-0.4, -0.2) is 28.7 Å². The van der Waals surface area contributed by atoms with Crippen molar-refractivity contribution in [3.05, 3.63) is 105 Å². The summed E-state index contributed by atoms with van der Waals surface area (Å²) >= 11 is 27.2. The zero-order chi connectivity index (χ0) is 27.9. The molecule has 0 saturated carbocycles. The number of carbonyl (C=O) groups is 3. The van der Waals surface area contributed by atoms with Gasteiger partial charge in [0.05, 0.1) is 11.8 Å². The second-order valence-electron chi connectivity index (χ2n) is 10.5. The molecule has 0 radical (unpaired) electrons. The number of amides is 2. The van der Waals surface area contributed by atoms with Crippen LogP contribution in [0.1, 0.15) is 41.7 Å². The van der Waals surface area contributed by atoms with Gasteiger partial charge in [-0.1, -0.05) is 91.6 Å². The minimum absolute atomic E-state index is 0.142. The van der Waals surface area contributed by atoms with E-state index in [4.69, 9.17) is 51.1 Å². The highest BCUT2D eigenvalue weighted by atomic mass is 35.5. The molecule has 1 saturated heterocycles. The van der Waals surface area contributed by atoms with Crippen molar-refractivity contribution in [3.8, 4) is 0 Å². The van der Waals surface area contributed by atoms with Gasteiger partial charge in [0, 0.05) is 15.6 Å². The Morgan fingerprint density at radius 3 is 1.72 bits per heavy atom. The number of benzene rings is 3. The van der Waals surface area contributed by atoms with Gasteiger partial charge in [-0.05, 0) is 40.3 Å². The molecule has 7 rings (SSSR count). The van der Waals surface area contributed by atoms with Crippen molar-refractivity contribution in [3.63, 3.8) is 0 Å². The van der Waals surface area contributed by atoms with E-state index in [1.165, 1.54) is 0 Å². The van der Waals surface area contributed by atoms with Crippen LogP contribution >= 0.6 is 46.4 Å². The SMILES string of the molecule is CC(C)[C@@H](C(=O)OCc1ccc(Cl)cc1Cl)N1C(=O)[C@H]2[C@H](C1=O)C1(Cl)c3ccccc3C2(Cl)c2ccccc21. The van der Waals surface area contributed by atoms with Gasteiger partial charge in [-0.3, -0.25) is 14.5 Å². The van der Waals surface area contributed by atoms with E-state index in [0.717, 1.165) is 4.90 Å². The number of halogens is 4. The van der Waals surface area contributed by atoms with E-state index in [1.54, 1.807) is 32.0 Å². The summed E-state index contributed by atoms with van der Waals surface area (Å²) < 4.78 is 5.60. The van der Waals surface area contributed by atoms with Crippen molar-refractivity contribution < 1.29 is 19.1 Å². The molecule has 3 aromatic rings. The van der Waals surface area contributed by atoms with Crippen molar-refractivity contribution in [1.29, 1.82) is 0 Å². The van der Waals surface area contributed by atoms with E-state index in [2.05, 4.69) is 0 Å². The highest BCUT2D eigenvalue weighted by Crippen LogP contribution is 2.69. The first-order valence-corrected chi connectivity index (χ1v) is 14.1. The molecule has 4 aliphatic rings. The summed E-state index contributed by atoms with van der Waals surface area (Å²) in [7, 11) is 0. The molecule has 2 bridgehead atoms. The summed E-state index contributed by atoms with van der Waals surface area (Å²) in [6, 6.07) is 18.5. The van der Waals surface area contributed by atoms with Gasteiger partial charge in [-0.15, -0.1) is 23.2 Å². The number of ether oxygens (including phenoxy) is 1. The fourth-order valence-corrected chi connectivity index (χ4v) is 8.07. The highest BCUT2D eigenvalue weighted by Gasteiger charge is 2.74. The van der Waals surface area contributed by atoms with Crippen LogP contribution < -0.4 is 0 Å². The Labute approximate surface area is 245 Å². The van der Waals surface area contributed by atoms with Crippen molar-refractivity contribution in [2.24, 2.45) is 17.8 Å². The summed E-state index contributed by atoms with van der Waals surface area (Å²) in [5, 5.41) is 0.795. The van der Waals surface area contributed by atoms with Gasteiger partial charge in [-0.2, -0.15) is 0 Å². The second-order valence-corrected chi connectivity index (χ2v) is 12.6. The topological polar surface area (TPSA) is 63.7 Å². The Bertz CT molecular complexity index is 1430. The van der Waals surface area contributed by atoms with E-state index >= 15 is 0 Å². The lowest BCUT2D eigenvalue weighted by Crippen LogP contribution is -2.57. The predicted molar refractivity (Wildman–Crippen MR) is 150 cm³/mol. The van der Waals surface area contributed by atoms with Crippen LogP contribution in [0, 0.1) is 17.8 Å². The summed E-state index contributed by atoms with van der Waals surface area (Å²) in [6.45, 7) is 3.38. The molecule has 0 N–H and O–H groups in total.